The Hall–Kier alpha value is -2.36. The fourth-order valence-electron chi connectivity index (χ4n) is 1.48. The molecule has 4 heteroatoms. The SMILES string of the molecule is O=C(CNc1ccc(F)cc1)Nc1ccccc1. The number of nitrogens with one attached hydrogen (secondary N) is 2. The maximum atomic E-state index is 12.7. The molecule has 2 aromatic carbocycles. The predicted octanol–water partition coefficient (Wildman–Crippen LogP) is 2.88. The van der Waals surface area contributed by atoms with Gasteiger partial charge in [-0.05, 0) is 36.4 Å². The molecule has 2 rings (SSSR count). The largest absolute Gasteiger partial charge is 0.376 e. The molecule has 0 aliphatic rings. The molecule has 1 amide bonds. The van der Waals surface area contributed by atoms with Gasteiger partial charge >= 0.3 is 0 Å². The van der Waals surface area contributed by atoms with E-state index in [9.17, 15) is 9.18 Å². The Balaban J connectivity index is 1.83. The van der Waals surface area contributed by atoms with Crippen LogP contribution >= 0.6 is 0 Å². The first-order valence-corrected chi connectivity index (χ1v) is 5.58. The fraction of sp³-hybridized carbons (Fsp3) is 0.0714. The smallest absolute Gasteiger partial charge is 0.243 e. The van der Waals surface area contributed by atoms with Crippen LogP contribution in [0.3, 0.4) is 0 Å². The summed E-state index contributed by atoms with van der Waals surface area (Å²) in [6.07, 6.45) is 0. The second-order valence-electron chi connectivity index (χ2n) is 3.77. The molecule has 0 bridgehead atoms. The van der Waals surface area contributed by atoms with Crippen LogP contribution in [0.25, 0.3) is 0 Å². The number of rotatable bonds is 4. The molecule has 0 atom stereocenters. The molecular weight excluding hydrogens is 231 g/mol. The molecule has 0 saturated heterocycles. The van der Waals surface area contributed by atoms with Crippen molar-refractivity contribution in [1.82, 2.24) is 0 Å². The summed E-state index contributed by atoms with van der Waals surface area (Å²) in [5, 5.41) is 5.66. The van der Waals surface area contributed by atoms with Gasteiger partial charge in [-0.25, -0.2) is 4.39 Å². The molecule has 0 unspecified atom stereocenters. The third-order valence-corrected chi connectivity index (χ3v) is 2.35. The van der Waals surface area contributed by atoms with Crippen molar-refractivity contribution in [2.24, 2.45) is 0 Å². The molecule has 0 fully saturated rings. The molecule has 0 saturated carbocycles. The maximum Gasteiger partial charge on any atom is 0.243 e. The van der Waals surface area contributed by atoms with Crippen LogP contribution in [-0.4, -0.2) is 12.5 Å². The van der Waals surface area contributed by atoms with E-state index in [4.69, 9.17) is 0 Å². The molecule has 0 aliphatic carbocycles. The Morgan fingerprint density at radius 3 is 2.28 bits per heavy atom. The third kappa shape index (κ3) is 3.59. The molecule has 2 N–H and O–H groups in total. The van der Waals surface area contributed by atoms with Crippen molar-refractivity contribution in [1.29, 1.82) is 0 Å². The van der Waals surface area contributed by atoms with Crippen molar-refractivity contribution in [2.75, 3.05) is 17.2 Å². The second-order valence-corrected chi connectivity index (χ2v) is 3.77. The van der Waals surface area contributed by atoms with Crippen LogP contribution in [0.4, 0.5) is 15.8 Å². The zero-order valence-electron chi connectivity index (χ0n) is 9.69. The summed E-state index contributed by atoms with van der Waals surface area (Å²) in [7, 11) is 0. The van der Waals surface area contributed by atoms with E-state index >= 15 is 0 Å². The Bertz CT molecular complexity index is 511. The number of hydrogen-bond acceptors (Lipinski definition) is 2. The Morgan fingerprint density at radius 1 is 0.944 bits per heavy atom. The molecular formula is C14H13FN2O. The van der Waals surface area contributed by atoms with Crippen molar-refractivity contribution in [3.05, 3.63) is 60.4 Å². The minimum absolute atomic E-state index is 0.139. The van der Waals surface area contributed by atoms with Crippen molar-refractivity contribution >= 4 is 17.3 Å². The topological polar surface area (TPSA) is 41.1 Å². The van der Waals surface area contributed by atoms with Crippen LogP contribution in [0, 0.1) is 5.82 Å². The summed E-state index contributed by atoms with van der Waals surface area (Å²) < 4.78 is 12.7. The lowest BCUT2D eigenvalue weighted by Crippen LogP contribution is -2.21. The van der Waals surface area contributed by atoms with Crippen LogP contribution in [-0.2, 0) is 4.79 Å². The van der Waals surface area contributed by atoms with Crippen molar-refractivity contribution < 1.29 is 9.18 Å². The molecule has 0 aliphatic heterocycles. The van der Waals surface area contributed by atoms with E-state index in [1.165, 1.54) is 12.1 Å². The Morgan fingerprint density at radius 2 is 1.61 bits per heavy atom. The Kier molecular flexibility index (Phi) is 3.91. The van der Waals surface area contributed by atoms with Gasteiger partial charge in [0.2, 0.25) is 5.91 Å². The van der Waals surface area contributed by atoms with E-state index in [1.807, 2.05) is 30.3 Å². The molecule has 92 valence electrons. The molecule has 0 radical (unpaired) electrons. The minimum Gasteiger partial charge on any atom is -0.376 e. The second kappa shape index (κ2) is 5.82. The average Bonchev–Trinajstić information content (AvgIpc) is 2.39. The highest BCUT2D eigenvalue weighted by molar-refractivity contribution is 5.93. The highest BCUT2D eigenvalue weighted by atomic mass is 19.1. The predicted molar refractivity (Wildman–Crippen MR) is 70.0 cm³/mol. The van der Waals surface area contributed by atoms with Gasteiger partial charge in [-0.1, -0.05) is 18.2 Å². The van der Waals surface area contributed by atoms with Crippen molar-refractivity contribution in [2.45, 2.75) is 0 Å². The molecule has 2 aromatic rings. The van der Waals surface area contributed by atoms with Gasteiger partial charge < -0.3 is 10.6 Å². The van der Waals surface area contributed by atoms with Crippen LogP contribution < -0.4 is 10.6 Å². The molecule has 18 heavy (non-hydrogen) atoms. The van der Waals surface area contributed by atoms with E-state index < -0.39 is 0 Å². The number of carbonyl (C=O) groups is 1. The summed E-state index contributed by atoms with van der Waals surface area (Å²) in [5.41, 5.74) is 1.46. The van der Waals surface area contributed by atoms with Gasteiger partial charge in [-0.15, -0.1) is 0 Å². The van der Waals surface area contributed by atoms with Crippen molar-refractivity contribution in [3.63, 3.8) is 0 Å². The number of hydrogen-bond donors (Lipinski definition) is 2. The maximum absolute atomic E-state index is 12.7. The Labute approximate surface area is 105 Å². The number of anilines is 2. The van der Waals surface area contributed by atoms with Crippen LogP contribution in [0.15, 0.2) is 54.6 Å². The van der Waals surface area contributed by atoms with Crippen molar-refractivity contribution in [3.8, 4) is 0 Å². The van der Waals surface area contributed by atoms with Crippen LogP contribution in [0.5, 0.6) is 0 Å². The zero-order chi connectivity index (χ0) is 12.8. The van der Waals surface area contributed by atoms with Gasteiger partial charge in [-0.3, -0.25) is 4.79 Å². The number of para-hydroxylation sites is 1. The lowest BCUT2D eigenvalue weighted by molar-refractivity contribution is -0.114. The third-order valence-electron chi connectivity index (χ3n) is 2.35. The number of halogens is 1. The van der Waals surface area contributed by atoms with Gasteiger partial charge in [-0.2, -0.15) is 0 Å². The summed E-state index contributed by atoms with van der Waals surface area (Å²) >= 11 is 0. The first-order valence-electron chi connectivity index (χ1n) is 5.58. The molecule has 0 heterocycles. The standard InChI is InChI=1S/C14H13FN2O/c15-11-6-8-12(9-7-11)16-10-14(18)17-13-4-2-1-3-5-13/h1-9,16H,10H2,(H,17,18). The first kappa shape index (κ1) is 12.1. The monoisotopic (exact) mass is 244 g/mol. The normalized spacial score (nSPS) is 9.83. The van der Waals surface area contributed by atoms with E-state index in [1.54, 1.807) is 12.1 Å². The summed E-state index contributed by atoms with van der Waals surface area (Å²) in [6, 6.07) is 15.1. The summed E-state index contributed by atoms with van der Waals surface area (Å²) in [4.78, 5) is 11.6. The lowest BCUT2D eigenvalue weighted by atomic mass is 10.3. The minimum atomic E-state index is -0.297. The fourth-order valence-corrected chi connectivity index (χ4v) is 1.48. The van der Waals surface area contributed by atoms with E-state index in [-0.39, 0.29) is 18.3 Å². The number of amides is 1. The number of carbonyl (C=O) groups excluding carboxylic acids is 1. The van der Waals surface area contributed by atoms with E-state index in [0.29, 0.717) is 5.69 Å². The average molecular weight is 244 g/mol. The zero-order valence-corrected chi connectivity index (χ0v) is 9.69. The highest BCUT2D eigenvalue weighted by Crippen LogP contribution is 2.08. The van der Waals surface area contributed by atoms with E-state index in [0.717, 1.165) is 5.69 Å². The first-order chi connectivity index (χ1) is 8.74. The van der Waals surface area contributed by atoms with Gasteiger partial charge in [0, 0.05) is 11.4 Å². The quantitative estimate of drug-likeness (QED) is 0.868. The summed E-state index contributed by atoms with van der Waals surface area (Å²) in [6.45, 7) is 0.139. The van der Waals surface area contributed by atoms with E-state index in [2.05, 4.69) is 10.6 Å². The van der Waals surface area contributed by atoms with Gasteiger partial charge in [0.1, 0.15) is 5.82 Å². The van der Waals surface area contributed by atoms with Crippen LogP contribution in [0.2, 0.25) is 0 Å². The van der Waals surface area contributed by atoms with Gasteiger partial charge in [0.25, 0.3) is 0 Å². The van der Waals surface area contributed by atoms with Gasteiger partial charge in [0.15, 0.2) is 0 Å². The lowest BCUT2D eigenvalue weighted by Gasteiger charge is -2.07. The highest BCUT2D eigenvalue weighted by Gasteiger charge is 2.01. The van der Waals surface area contributed by atoms with Gasteiger partial charge in [0.05, 0.1) is 6.54 Å². The molecule has 3 nitrogen and oxygen atoms in total. The number of benzene rings is 2. The molecule has 0 spiro atoms. The molecule has 0 aromatic heterocycles. The van der Waals surface area contributed by atoms with Crippen LogP contribution in [0.1, 0.15) is 0 Å². The summed E-state index contributed by atoms with van der Waals surface area (Å²) in [5.74, 6) is -0.445.